The number of carbonyl (C=O) groups is 1. The number of hydrogen-bond donors (Lipinski definition) is 0. The lowest BCUT2D eigenvalue weighted by Crippen LogP contribution is -2.46. The topological polar surface area (TPSA) is 105 Å². The van der Waals surface area contributed by atoms with Gasteiger partial charge in [0.25, 0.3) is 0 Å². The first-order valence-electron chi connectivity index (χ1n) is 10.6. The van der Waals surface area contributed by atoms with Crippen LogP contribution in [0.4, 0.5) is 10.6 Å². The molecular weight excluding hydrogens is 410 g/mol. The van der Waals surface area contributed by atoms with Crippen LogP contribution in [0.15, 0.2) is 48.7 Å². The fraction of sp³-hybridized carbons (Fsp3) is 0.429. The molecule has 4 heterocycles. The van der Waals surface area contributed by atoms with E-state index in [0.29, 0.717) is 19.0 Å². The summed E-state index contributed by atoms with van der Waals surface area (Å²) in [6, 6.07) is 2.09. The number of carbonyl (C=O) groups excluding carboxylic acids is 1. The van der Waals surface area contributed by atoms with Crippen molar-refractivity contribution in [3.8, 4) is 5.88 Å². The third-order valence-corrected chi connectivity index (χ3v) is 5.90. The molecule has 2 aromatic rings. The third kappa shape index (κ3) is 3.93. The van der Waals surface area contributed by atoms with E-state index in [1.54, 1.807) is 30.0 Å². The van der Waals surface area contributed by atoms with E-state index in [-0.39, 0.29) is 18.2 Å². The maximum absolute atomic E-state index is 12.1. The maximum atomic E-state index is 12.1. The molecule has 5 rings (SSSR count). The second kappa shape index (κ2) is 8.40. The molecule has 0 N–H and O–H groups in total. The van der Waals surface area contributed by atoms with E-state index in [1.807, 2.05) is 17.2 Å². The number of allylic oxidation sites excluding steroid dienone is 2. The average Bonchev–Trinajstić information content (AvgIpc) is 3.49. The molecule has 1 fully saturated rings. The van der Waals surface area contributed by atoms with E-state index in [2.05, 4.69) is 48.6 Å². The second-order valence-electron chi connectivity index (χ2n) is 8.20. The van der Waals surface area contributed by atoms with Crippen molar-refractivity contribution in [3.63, 3.8) is 0 Å². The quantitative estimate of drug-likeness (QED) is 0.713. The average molecular weight is 435 g/mol. The molecule has 1 saturated heterocycles. The molecule has 11 nitrogen and oxygen atoms in total. The zero-order chi connectivity index (χ0) is 22.1. The predicted molar refractivity (Wildman–Crippen MR) is 117 cm³/mol. The van der Waals surface area contributed by atoms with Gasteiger partial charge >= 0.3 is 6.03 Å². The molecule has 1 unspecified atom stereocenters. The Bertz CT molecular complexity index is 1070. The summed E-state index contributed by atoms with van der Waals surface area (Å²) in [5.41, 5.74) is 2.13. The van der Waals surface area contributed by atoms with Crippen LogP contribution in [0.1, 0.15) is 19.3 Å². The highest BCUT2D eigenvalue weighted by Gasteiger charge is 2.29. The lowest BCUT2D eigenvalue weighted by atomic mass is 9.98. The summed E-state index contributed by atoms with van der Waals surface area (Å²) in [7, 11) is 3.55. The molecule has 1 aliphatic carbocycles. The van der Waals surface area contributed by atoms with Crippen LogP contribution < -0.4 is 9.64 Å². The molecule has 0 radical (unpaired) electrons. The highest BCUT2D eigenvalue weighted by molar-refractivity contribution is 5.73. The van der Waals surface area contributed by atoms with Gasteiger partial charge in [-0.3, -0.25) is 0 Å². The Morgan fingerprint density at radius 1 is 1.22 bits per heavy atom. The molecule has 2 aliphatic heterocycles. The van der Waals surface area contributed by atoms with E-state index >= 15 is 0 Å². The summed E-state index contributed by atoms with van der Waals surface area (Å²) in [5.74, 6) is 1.35. The molecule has 3 aliphatic rings. The lowest BCUT2D eigenvalue weighted by Gasteiger charge is -2.33. The van der Waals surface area contributed by atoms with Crippen molar-refractivity contribution in [2.24, 2.45) is 0 Å². The van der Waals surface area contributed by atoms with Gasteiger partial charge in [-0.1, -0.05) is 6.08 Å². The second-order valence-corrected chi connectivity index (χ2v) is 8.20. The van der Waals surface area contributed by atoms with E-state index in [4.69, 9.17) is 4.74 Å². The summed E-state index contributed by atoms with van der Waals surface area (Å²) >= 11 is 0. The van der Waals surface area contributed by atoms with Crippen molar-refractivity contribution in [3.05, 3.63) is 48.7 Å². The zero-order valence-corrected chi connectivity index (χ0v) is 18.1. The van der Waals surface area contributed by atoms with Crippen LogP contribution in [0, 0.1) is 0 Å². The first kappa shape index (κ1) is 20.2. The molecule has 0 aromatic carbocycles. The zero-order valence-electron chi connectivity index (χ0n) is 18.1. The largest absolute Gasteiger partial charge is 0.474 e. The van der Waals surface area contributed by atoms with Gasteiger partial charge in [0.05, 0.1) is 11.7 Å². The van der Waals surface area contributed by atoms with Crippen LogP contribution in [0.2, 0.25) is 0 Å². The van der Waals surface area contributed by atoms with E-state index in [1.165, 1.54) is 11.9 Å². The molecule has 0 saturated carbocycles. The SMILES string of the molecule is CN(C)C(=O)N1CCC(Oc2cc(N3C=CC4=CC(n5cnnn5)=CCC43)ncn2)CC1. The molecule has 0 bridgehead atoms. The number of tetrazole rings is 1. The number of fused-ring (bicyclic) bond motifs is 1. The monoisotopic (exact) mass is 435 g/mol. The molecule has 32 heavy (non-hydrogen) atoms. The summed E-state index contributed by atoms with van der Waals surface area (Å²) < 4.78 is 7.80. The van der Waals surface area contributed by atoms with Crippen molar-refractivity contribution in [2.75, 3.05) is 32.1 Å². The Kier molecular flexibility index (Phi) is 5.29. The van der Waals surface area contributed by atoms with Crippen LogP contribution in [0.3, 0.4) is 0 Å². The molecule has 1 atom stereocenters. The summed E-state index contributed by atoms with van der Waals surface area (Å²) in [5, 5.41) is 11.4. The first-order chi connectivity index (χ1) is 15.6. The number of anilines is 1. The molecule has 2 aromatic heterocycles. The molecule has 2 amide bonds. The number of aromatic nitrogens is 6. The molecule has 11 heteroatoms. The van der Waals surface area contributed by atoms with Crippen LogP contribution in [0.5, 0.6) is 5.88 Å². The van der Waals surface area contributed by atoms with Gasteiger partial charge < -0.3 is 19.4 Å². The van der Waals surface area contributed by atoms with Crippen molar-refractivity contribution >= 4 is 17.5 Å². The first-order valence-corrected chi connectivity index (χ1v) is 10.6. The van der Waals surface area contributed by atoms with Crippen LogP contribution >= 0.6 is 0 Å². The number of piperidine rings is 1. The van der Waals surface area contributed by atoms with Gasteiger partial charge in [-0.15, -0.1) is 5.10 Å². The minimum absolute atomic E-state index is 0.0324. The smallest absolute Gasteiger partial charge is 0.319 e. The Morgan fingerprint density at radius 3 is 2.81 bits per heavy atom. The summed E-state index contributed by atoms with van der Waals surface area (Å²) in [6.45, 7) is 1.36. The Morgan fingerprint density at radius 2 is 2.06 bits per heavy atom. The number of hydrogen-bond acceptors (Lipinski definition) is 8. The Labute approximate surface area is 185 Å². The number of urea groups is 1. The van der Waals surface area contributed by atoms with E-state index in [9.17, 15) is 4.79 Å². The van der Waals surface area contributed by atoms with Gasteiger partial charge in [0, 0.05) is 52.3 Å². The summed E-state index contributed by atoms with van der Waals surface area (Å²) in [6.07, 6.45) is 13.9. The molecule has 0 spiro atoms. The van der Waals surface area contributed by atoms with Gasteiger partial charge in [0.15, 0.2) is 0 Å². The van der Waals surface area contributed by atoms with Crippen molar-refractivity contribution in [1.29, 1.82) is 0 Å². The predicted octanol–water partition coefficient (Wildman–Crippen LogP) is 1.56. The van der Waals surface area contributed by atoms with E-state index < -0.39 is 0 Å². The highest BCUT2D eigenvalue weighted by Crippen LogP contribution is 2.34. The Balaban J connectivity index is 1.23. The number of ether oxygens (including phenoxy) is 1. The number of nitrogens with zero attached hydrogens (tertiary/aromatic N) is 9. The lowest BCUT2D eigenvalue weighted by molar-refractivity contribution is 0.0982. The minimum Gasteiger partial charge on any atom is -0.474 e. The van der Waals surface area contributed by atoms with Gasteiger partial charge in [0.2, 0.25) is 5.88 Å². The standard InChI is InChI=1S/C21H25N9O2/c1-27(2)21(31)28-8-6-17(7-9-28)32-20-12-19(22-13-23-20)29-10-5-15-11-16(3-4-18(15)29)30-14-24-25-26-30/h3,5,10-14,17-18H,4,6-9H2,1-2H3. The maximum Gasteiger partial charge on any atom is 0.319 e. The number of likely N-dealkylation sites (tertiary alicyclic amines) is 1. The van der Waals surface area contributed by atoms with Gasteiger partial charge in [-0.2, -0.15) is 0 Å². The van der Waals surface area contributed by atoms with Crippen LogP contribution in [0.25, 0.3) is 5.70 Å². The summed E-state index contributed by atoms with van der Waals surface area (Å²) in [4.78, 5) is 26.5. The molecule has 166 valence electrons. The van der Waals surface area contributed by atoms with Crippen LogP contribution in [-0.4, -0.2) is 85.3 Å². The number of amides is 2. The Hall–Kier alpha value is -3.76. The van der Waals surface area contributed by atoms with Gasteiger partial charge in [-0.05, 0) is 34.6 Å². The minimum atomic E-state index is 0.0324. The number of rotatable bonds is 4. The van der Waals surface area contributed by atoms with Crippen molar-refractivity contribution < 1.29 is 9.53 Å². The van der Waals surface area contributed by atoms with Crippen molar-refractivity contribution in [1.82, 2.24) is 40.0 Å². The van der Waals surface area contributed by atoms with Crippen molar-refractivity contribution in [2.45, 2.75) is 31.4 Å². The fourth-order valence-corrected chi connectivity index (χ4v) is 4.23. The third-order valence-electron chi connectivity index (χ3n) is 5.90. The normalized spacial score (nSPS) is 20.6. The fourth-order valence-electron chi connectivity index (χ4n) is 4.23. The van der Waals surface area contributed by atoms with E-state index in [0.717, 1.165) is 30.8 Å². The van der Waals surface area contributed by atoms with Gasteiger partial charge in [0.1, 0.15) is 24.6 Å². The van der Waals surface area contributed by atoms with Gasteiger partial charge in [-0.25, -0.2) is 19.4 Å². The highest BCUT2D eigenvalue weighted by atomic mass is 16.5. The van der Waals surface area contributed by atoms with Crippen LogP contribution in [-0.2, 0) is 0 Å². The molecular formula is C21H25N9O2.